The molecule has 0 bridgehead atoms. The van der Waals surface area contributed by atoms with Crippen LogP contribution in [-0.2, 0) is 14.3 Å². The van der Waals surface area contributed by atoms with Crippen LogP contribution in [0.15, 0.2) is 30.3 Å². The van der Waals surface area contributed by atoms with E-state index in [0.29, 0.717) is 54.3 Å². The highest BCUT2D eigenvalue weighted by molar-refractivity contribution is 6.31. The predicted octanol–water partition coefficient (Wildman–Crippen LogP) is 3.60. The summed E-state index contributed by atoms with van der Waals surface area (Å²) in [6.07, 6.45) is 4.84. The van der Waals surface area contributed by atoms with Crippen molar-refractivity contribution in [2.24, 2.45) is 5.92 Å². The number of piperidine rings is 1. The van der Waals surface area contributed by atoms with Crippen LogP contribution in [0.4, 0.5) is 4.39 Å². The van der Waals surface area contributed by atoms with Crippen molar-refractivity contribution in [3.63, 3.8) is 0 Å². The lowest BCUT2D eigenvalue weighted by molar-refractivity contribution is -0.131. The average molecular weight is 420 g/mol. The van der Waals surface area contributed by atoms with Gasteiger partial charge >= 0.3 is 0 Å². The van der Waals surface area contributed by atoms with Gasteiger partial charge in [-0.15, -0.1) is 0 Å². The number of rotatable bonds is 4. The number of aromatic nitrogens is 2. The van der Waals surface area contributed by atoms with Crippen molar-refractivity contribution in [2.75, 3.05) is 26.3 Å². The fourth-order valence-electron chi connectivity index (χ4n) is 3.75. The molecule has 2 aliphatic heterocycles. The Hall–Kier alpha value is -2.22. The van der Waals surface area contributed by atoms with Gasteiger partial charge < -0.3 is 14.4 Å². The first-order valence-electron chi connectivity index (χ1n) is 9.74. The summed E-state index contributed by atoms with van der Waals surface area (Å²) in [5, 5.41) is 4.79. The summed E-state index contributed by atoms with van der Waals surface area (Å²) in [5.41, 5.74) is 2.02. The lowest BCUT2D eigenvalue weighted by Crippen LogP contribution is -2.40. The van der Waals surface area contributed by atoms with Gasteiger partial charge in [0.05, 0.1) is 24.6 Å². The molecule has 154 valence electrons. The number of carbonyl (C=O) groups excluding carboxylic acids is 1. The molecule has 0 radical (unpaired) electrons. The van der Waals surface area contributed by atoms with Crippen molar-refractivity contribution >= 4 is 23.6 Å². The van der Waals surface area contributed by atoms with Crippen molar-refractivity contribution in [2.45, 2.75) is 26.1 Å². The molecule has 3 heterocycles. The second-order valence-corrected chi connectivity index (χ2v) is 7.64. The van der Waals surface area contributed by atoms with Gasteiger partial charge in [-0.05, 0) is 50.1 Å². The Labute approximate surface area is 173 Å². The highest BCUT2D eigenvalue weighted by Gasteiger charge is 2.31. The number of nitrogens with zero attached hydrogens (tertiary/aromatic N) is 3. The minimum atomic E-state index is -0.325. The molecule has 0 saturated carbocycles. The number of carbonyl (C=O) groups is 1. The molecular weight excluding hydrogens is 397 g/mol. The minimum Gasteiger partial charge on any atom is -0.350 e. The third-order valence-corrected chi connectivity index (χ3v) is 5.76. The Morgan fingerprint density at radius 3 is 2.52 bits per heavy atom. The quantitative estimate of drug-likeness (QED) is 0.710. The maximum atomic E-state index is 13.2. The Bertz CT molecular complexity index is 899. The first-order chi connectivity index (χ1) is 14.0. The summed E-state index contributed by atoms with van der Waals surface area (Å²) in [6.45, 7) is 4.48. The van der Waals surface area contributed by atoms with E-state index < -0.39 is 0 Å². The van der Waals surface area contributed by atoms with Crippen LogP contribution in [0.25, 0.3) is 11.8 Å². The fraction of sp³-hybridized carbons (Fsp3) is 0.429. The molecule has 8 heteroatoms. The van der Waals surface area contributed by atoms with E-state index >= 15 is 0 Å². The zero-order valence-corrected chi connectivity index (χ0v) is 16.9. The van der Waals surface area contributed by atoms with Gasteiger partial charge in [-0.3, -0.25) is 4.79 Å². The lowest BCUT2D eigenvalue weighted by Gasteiger charge is -2.33. The highest BCUT2D eigenvalue weighted by Crippen LogP contribution is 2.27. The van der Waals surface area contributed by atoms with E-state index in [2.05, 4.69) is 5.10 Å². The molecule has 0 N–H and O–H groups in total. The summed E-state index contributed by atoms with van der Waals surface area (Å²) in [7, 11) is 0. The summed E-state index contributed by atoms with van der Waals surface area (Å²) in [4.78, 5) is 14.4. The largest absolute Gasteiger partial charge is 0.350 e. The van der Waals surface area contributed by atoms with Crippen LogP contribution < -0.4 is 0 Å². The number of ether oxygens (including phenoxy) is 2. The molecule has 29 heavy (non-hydrogen) atoms. The molecule has 2 aliphatic rings. The van der Waals surface area contributed by atoms with Gasteiger partial charge in [0.15, 0.2) is 6.29 Å². The monoisotopic (exact) mass is 419 g/mol. The standard InChI is InChI=1S/C21H23ClFN3O3/c1-14-18(20(22)26(24-14)17-4-2-16(23)3-5-17)6-7-19(27)25-10-8-15(9-11-25)21-28-12-13-29-21/h2-7,15,21H,8-13H2,1H3/b7-6+. The minimum absolute atomic E-state index is 0.0540. The van der Waals surface area contributed by atoms with E-state index in [1.54, 1.807) is 18.2 Å². The molecule has 2 saturated heterocycles. The maximum absolute atomic E-state index is 13.2. The van der Waals surface area contributed by atoms with Crippen LogP contribution in [0.5, 0.6) is 0 Å². The Morgan fingerprint density at radius 1 is 1.21 bits per heavy atom. The van der Waals surface area contributed by atoms with Crippen molar-refractivity contribution in [3.05, 3.63) is 52.6 Å². The molecule has 1 aromatic heterocycles. The molecular formula is C21H23ClFN3O3. The van der Waals surface area contributed by atoms with Gasteiger partial charge in [0.1, 0.15) is 11.0 Å². The number of aryl methyl sites for hydroxylation is 1. The van der Waals surface area contributed by atoms with E-state index in [-0.39, 0.29) is 18.0 Å². The van der Waals surface area contributed by atoms with Crippen LogP contribution in [-0.4, -0.2) is 53.2 Å². The molecule has 0 aliphatic carbocycles. The normalized spacial score (nSPS) is 18.8. The van der Waals surface area contributed by atoms with Gasteiger partial charge in [0.2, 0.25) is 5.91 Å². The summed E-state index contributed by atoms with van der Waals surface area (Å²) in [6, 6.07) is 5.92. The van der Waals surface area contributed by atoms with Crippen LogP contribution >= 0.6 is 11.6 Å². The molecule has 2 fully saturated rings. The predicted molar refractivity (Wildman–Crippen MR) is 107 cm³/mol. The third-order valence-electron chi connectivity index (χ3n) is 5.40. The Balaban J connectivity index is 1.41. The number of amides is 1. The van der Waals surface area contributed by atoms with Crippen molar-refractivity contribution in [1.29, 1.82) is 0 Å². The van der Waals surface area contributed by atoms with Crippen molar-refractivity contribution < 1.29 is 18.7 Å². The topological polar surface area (TPSA) is 56.6 Å². The average Bonchev–Trinajstić information content (AvgIpc) is 3.36. The van der Waals surface area contributed by atoms with Crippen LogP contribution in [0.1, 0.15) is 24.1 Å². The van der Waals surface area contributed by atoms with Crippen LogP contribution in [0.2, 0.25) is 5.15 Å². The van der Waals surface area contributed by atoms with Crippen molar-refractivity contribution in [1.82, 2.24) is 14.7 Å². The fourth-order valence-corrected chi connectivity index (χ4v) is 4.09. The van der Waals surface area contributed by atoms with Gasteiger partial charge in [0.25, 0.3) is 0 Å². The van der Waals surface area contributed by atoms with Crippen LogP contribution in [0, 0.1) is 18.7 Å². The van der Waals surface area contributed by atoms with Crippen molar-refractivity contribution in [3.8, 4) is 5.69 Å². The van der Waals surface area contributed by atoms with E-state index in [9.17, 15) is 9.18 Å². The molecule has 4 rings (SSSR count). The van der Waals surface area contributed by atoms with Gasteiger partial charge in [-0.25, -0.2) is 9.07 Å². The molecule has 0 unspecified atom stereocenters. The molecule has 0 spiro atoms. The van der Waals surface area contributed by atoms with E-state index in [1.807, 2.05) is 11.8 Å². The number of halogens is 2. The SMILES string of the molecule is Cc1nn(-c2ccc(F)cc2)c(Cl)c1/C=C/C(=O)N1CCC(C2OCCO2)CC1. The molecule has 6 nitrogen and oxygen atoms in total. The van der Waals surface area contributed by atoms with Gasteiger partial charge in [-0.1, -0.05) is 11.6 Å². The Kier molecular flexibility index (Phi) is 5.99. The Morgan fingerprint density at radius 2 is 1.86 bits per heavy atom. The number of hydrogen-bond donors (Lipinski definition) is 0. The first-order valence-corrected chi connectivity index (χ1v) is 10.1. The zero-order chi connectivity index (χ0) is 20.4. The van der Waals surface area contributed by atoms with Crippen LogP contribution in [0.3, 0.4) is 0 Å². The summed E-state index contributed by atoms with van der Waals surface area (Å²) in [5.74, 6) is -0.0350. The third kappa shape index (κ3) is 4.37. The van der Waals surface area contributed by atoms with E-state index in [1.165, 1.54) is 22.9 Å². The molecule has 1 amide bonds. The lowest BCUT2D eigenvalue weighted by atomic mass is 9.96. The van der Waals surface area contributed by atoms with E-state index in [0.717, 1.165) is 12.8 Å². The number of hydrogen-bond acceptors (Lipinski definition) is 4. The molecule has 2 aromatic rings. The van der Waals surface area contributed by atoms with Gasteiger partial charge in [-0.2, -0.15) is 5.10 Å². The van der Waals surface area contributed by atoms with Gasteiger partial charge in [0, 0.05) is 30.6 Å². The maximum Gasteiger partial charge on any atom is 0.246 e. The second kappa shape index (κ2) is 8.65. The van der Waals surface area contributed by atoms with E-state index in [4.69, 9.17) is 21.1 Å². The first kappa shape index (κ1) is 20.1. The summed E-state index contributed by atoms with van der Waals surface area (Å²) >= 11 is 6.47. The summed E-state index contributed by atoms with van der Waals surface area (Å²) < 4.78 is 25.9. The zero-order valence-electron chi connectivity index (χ0n) is 16.2. The smallest absolute Gasteiger partial charge is 0.246 e. The second-order valence-electron chi connectivity index (χ2n) is 7.28. The number of benzene rings is 1. The number of likely N-dealkylation sites (tertiary alicyclic amines) is 1. The molecule has 0 atom stereocenters. The highest BCUT2D eigenvalue weighted by atomic mass is 35.5. The molecule has 1 aromatic carbocycles.